The number of hydrogen-bond acceptors (Lipinski definition) is 4. The third-order valence-corrected chi connectivity index (χ3v) is 3.12. The van der Waals surface area contributed by atoms with Crippen LogP contribution < -0.4 is 16.8 Å². The number of nitrogens with one attached hydrogen (secondary N) is 1. The van der Waals surface area contributed by atoms with Gasteiger partial charge in [0.2, 0.25) is 0 Å². The third kappa shape index (κ3) is 2.92. The molecule has 1 aliphatic rings. The molecule has 2 unspecified atom stereocenters. The lowest BCUT2D eigenvalue weighted by Crippen LogP contribution is -2.40. The van der Waals surface area contributed by atoms with Crippen molar-refractivity contribution < 1.29 is 9.53 Å². The Morgan fingerprint density at radius 2 is 2.06 bits per heavy atom. The predicted octanol–water partition coefficient (Wildman–Crippen LogP) is 1.15. The summed E-state index contributed by atoms with van der Waals surface area (Å²) < 4.78 is 5.53. The minimum atomic E-state index is -0.169. The standard InChI is InChI=1S/C13H19N3O2/c1-8(12-3-2-4-18-12)16-13(17)9-5-10(14)7-11(15)6-9/h5-8,12H,2-4,14-15H2,1H3,(H,16,17). The summed E-state index contributed by atoms with van der Waals surface area (Å²) in [4.78, 5) is 12.0. The van der Waals surface area contributed by atoms with E-state index in [0.717, 1.165) is 19.4 Å². The van der Waals surface area contributed by atoms with Crippen LogP contribution in [0.25, 0.3) is 0 Å². The summed E-state index contributed by atoms with van der Waals surface area (Å²) in [7, 11) is 0. The average Bonchev–Trinajstić information content (AvgIpc) is 2.80. The first kappa shape index (κ1) is 12.7. The first-order chi connectivity index (χ1) is 8.56. The van der Waals surface area contributed by atoms with Crippen molar-refractivity contribution in [3.63, 3.8) is 0 Å². The molecule has 2 rings (SSSR count). The molecular formula is C13H19N3O2. The number of anilines is 2. The number of benzene rings is 1. The Hall–Kier alpha value is -1.75. The molecule has 5 nitrogen and oxygen atoms in total. The smallest absolute Gasteiger partial charge is 0.251 e. The van der Waals surface area contributed by atoms with Crippen LogP contribution in [0.4, 0.5) is 11.4 Å². The van der Waals surface area contributed by atoms with Gasteiger partial charge in [0.05, 0.1) is 12.1 Å². The zero-order chi connectivity index (χ0) is 13.1. The number of carbonyl (C=O) groups is 1. The van der Waals surface area contributed by atoms with Crippen molar-refractivity contribution in [2.24, 2.45) is 0 Å². The van der Waals surface area contributed by atoms with Crippen molar-refractivity contribution in [3.8, 4) is 0 Å². The third-order valence-electron chi connectivity index (χ3n) is 3.12. The minimum absolute atomic E-state index is 0.0114. The summed E-state index contributed by atoms with van der Waals surface area (Å²) in [6.45, 7) is 2.72. The second kappa shape index (κ2) is 5.27. The van der Waals surface area contributed by atoms with Crippen LogP contribution >= 0.6 is 0 Å². The maximum Gasteiger partial charge on any atom is 0.251 e. The van der Waals surface area contributed by atoms with Crippen molar-refractivity contribution in [2.45, 2.75) is 31.9 Å². The monoisotopic (exact) mass is 249 g/mol. The summed E-state index contributed by atoms with van der Waals surface area (Å²) >= 11 is 0. The Morgan fingerprint density at radius 3 is 2.61 bits per heavy atom. The molecule has 1 aromatic rings. The quantitative estimate of drug-likeness (QED) is 0.701. The van der Waals surface area contributed by atoms with E-state index in [1.807, 2.05) is 6.92 Å². The van der Waals surface area contributed by atoms with Gasteiger partial charge in [-0.15, -0.1) is 0 Å². The van der Waals surface area contributed by atoms with Crippen LogP contribution in [0, 0.1) is 0 Å². The number of nitrogens with two attached hydrogens (primary N) is 2. The van der Waals surface area contributed by atoms with Gasteiger partial charge in [0.1, 0.15) is 0 Å². The molecule has 5 N–H and O–H groups in total. The van der Waals surface area contributed by atoms with Crippen molar-refractivity contribution in [1.29, 1.82) is 0 Å². The highest BCUT2D eigenvalue weighted by Crippen LogP contribution is 2.17. The van der Waals surface area contributed by atoms with E-state index in [2.05, 4.69) is 5.32 Å². The zero-order valence-electron chi connectivity index (χ0n) is 10.5. The number of nitrogen functional groups attached to an aromatic ring is 2. The molecule has 2 atom stereocenters. The summed E-state index contributed by atoms with van der Waals surface area (Å²) in [6.07, 6.45) is 2.14. The highest BCUT2D eigenvalue weighted by atomic mass is 16.5. The zero-order valence-corrected chi connectivity index (χ0v) is 10.5. The maximum absolute atomic E-state index is 12.0. The van der Waals surface area contributed by atoms with Gasteiger partial charge in [-0.05, 0) is 38.0 Å². The van der Waals surface area contributed by atoms with Crippen molar-refractivity contribution in [3.05, 3.63) is 23.8 Å². The van der Waals surface area contributed by atoms with Crippen molar-refractivity contribution in [1.82, 2.24) is 5.32 Å². The average molecular weight is 249 g/mol. The molecule has 0 bridgehead atoms. The Bertz CT molecular complexity index is 422. The normalized spacial score (nSPS) is 20.6. The lowest BCUT2D eigenvalue weighted by molar-refractivity contribution is 0.0712. The fourth-order valence-corrected chi connectivity index (χ4v) is 2.19. The largest absolute Gasteiger partial charge is 0.399 e. The van der Waals surface area contributed by atoms with Crippen LogP contribution in [-0.2, 0) is 4.74 Å². The maximum atomic E-state index is 12.0. The van der Waals surface area contributed by atoms with Crippen LogP contribution in [-0.4, -0.2) is 24.7 Å². The van der Waals surface area contributed by atoms with E-state index in [9.17, 15) is 4.79 Å². The van der Waals surface area contributed by atoms with Crippen molar-refractivity contribution in [2.75, 3.05) is 18.1 Å². The van der Waals surface area contributed by atoms with Gasteiger partial charge < -0.3 is 21.5 Å². The molecule has 0 aromatic heterocycles. The molecule has 1 amide bonds. The fourth-order valence-electron chi connectivity index (χ4n) is 2.19. The second-order valence-electron chi connectivity index (χ2n) is 4.70. The van der Waals surface area contributed by atoms with Gasteiger partial charge in [0, 0.05) is 23.5 Å². The molecule has 1 aliphatic heterocycles. The Balaban J connectivity index is 2.02. The van der Waals surface area contributed by atoms with E-state index in [4.69, 9.17) is 16.2 Å². The molecule has 1 fully saturated rings. The number of ether oxygens (including phenoxy) is 1. The van der Waals surface area contributed by atoms with Crippen LogP contribution in [0.1, 0.15) is 30.1 Å². The highest BCUT2D eigenvalue weighted by Gasteiger charge is 2.24. The van der Waals surface area contributed by atoms with Gasteiger partial charge in [-0.25, -0.2) is 0 Å². The lowest BCUT2D eigenvalue weighted by Gasteiger charge is -2.20. The number of rotatable bonds is 3. The molecule has 18 heavy (non-hydrogen) atoms. The Morgan fingerprint density at radius 1 is 1.39 bits per heavy atom. The molecule has 0 spiro atoms. The van der Waals surface area contributed by atoms with Gasteiger partial charge in [-0.1, -0.05) is 0 Å². The first-order valence-corrected chi connectivity index (χ1v) is 6.15. The minimum Gasteiger partial charge on any atom is -0.399 e. The molecular weight excluding hydrogens is 230 g/mol. The molecule has 1 saturated heterocycles. The Kier molecular flexibility index (Phi) is 3.72. The van der Waals surface area contributed by atoms with E-state index in [1.54, 1.807) is 18.2 Å². The topological polar surface area (TPSA) is 90.4 Å². The fraction of sp³-hybridized carbons (Fsp3) is 0.462. The van der Waals surface area contributed by atoms with Crippen LogP contribution in [0.15, 0.2) is 18.2 Å². The van der Waals surface area contributed by atoms with E-state index in [1.165, 1.54) is 0 Å². The first-order valence-electron chi connectivity index (χ1n) is 6.15. The SMILES string of the molecule is CC(NC(=O)c1cc(N)cc(N)c1)C1CCCO1. The summed E-state index contributed by atoms with van der Waals surface area (Å²) in [5.74, 6) is -0.169. The number of hydrogen-bond donors (Lipinski definition) is 3. The van der Waals surface area contributed by atoms with Gasteiger partial charge in [-0.3, -0.25) is 4.79 Å². The van der Waals surface area contributed by atoms with Crippen LogP contribution in [0.3, 0.4) is 0 Å². The van der Waals surface area contributed by atoms with E-state index in [-0.39, 0.29) is 18.1 Å². The highest BCUT2D eigenvalue weighted by molar-refractivity contribution is 5.96. The summed E-state index contributed by atoms with van der Waals surface area (Å²) in [6, 6.07) is 4.85. The van der Waals surface area contributed by atoms with Gasteiger partial charge >= 0.3 is 0 Å². The van der Waals surface area contributed by atoms with E-state index < -0.39 is 0 Å². The molecule has 0 radical (unpaired) electrons. The van der Waals surface area contributed by atoms with E-state index in [0.29, 0.717) is 16.9 Å². The molecule has 1 heterocycles. The van der Waals surface area contributed by atoms with Crippen molar-refractivity contribution >= 4 is 17.3 Å². The van der Waals surface area contributed by atoms with Crippen LogP contribution in [0.2, 0.25) is 0 Å². The molecule has 1 aromatic carbocycles. The molecule has 98 valence electrons. The number of amides is 1. The predicted molar refractivity (Wildman–Crippen MR) is 71.2 cm³/mol. The van der Waals surface area contributed by atoms with Gasteiger partial charge in [-0.2, -0.15) is 0 Å². The van der Waals surface area contributed by atoms with Gasteiger partial charge in [0.15, 0.2) is 0 Å². The second-order valence-corrected chi connectivity index (χ2v) is 4.70. The number of carbonyl (C=O) groups excluding carboxylic acids is 1. The summed E-state index contributed by atoms with van der Waals surface area (Å²) in [5.41, 5.74) is 12.8. The van der Waals surface area contributed by atoms with Crippen LogP contribution in [0.5, 0.6) is 0 Å². The Labute approximate surface area is 106 Å². The molecule has 0 aliphatic carbocycles. The molecule has 0 saturated carbocycles. The lowest BCUT2D eigenvalue weighted by atomic mass is 10.1. The van der Waals surface area contributed by atoms with E-state index >= 15 is 0 Å². The van der Waals surface area contributed by atoms with Gasteiger partial charge in [0.25, 0.3) is 5.91 Å². The molecule has 5 heteroatoms. The summed E-state index contributed by atoms with van der Waals surface area (Å²) in [5, 5.41) is 2.92.